The summed E-state index contributed by atoms with van der Waals surface area (Å²) in [6.07, 6.45) is 0. The van der Waals surface area contributed by atoms with Crippen LogP contribution in [0.15, 0.2) is 5.38 Å². The predicted octanol–water partition coefficient (Wildman–Crippen LogP) is -0.0203. The molecule has 0 spiro atoms. The predicted molar refractivity (Wildman–Crippen MR) is 62.1 cm³/mol. The van der Waals surface area contributed by atoms with Crippen LogP contribution in [0.4, 0.5) is 5.13 Å². The molecule has 0 aliphatic rings. The molecule has 16 heavy (non-hydrogen) atoms. The topological polar surface area (TPSA) is 97.1 Å². The fraction of sp³-hybridized carbons (Fsp3) is 0.444. The van der Waals surface area contributed by atoms with Gasteiger partial charge in [0.1, 0.15) is 11.7 Å². The summed E-state index contributed by atoms with van der Waals surface area (Å²) in [6.45, 7) is 3.95. The van der Waals surface area contributed by atoms with Crippen LogP contribution in [0.5, 0.6) is 0 Å². The zero-order valence-corrected chi connectivity index (χ0v) is 9.93. The molecule has 0 bridgehead atoms. The summed E-state index contributed by atoms with van der Waals surface area (Å²) in [5.74, 6) is -0.620. The van der Waals surface area contributed by atoms with Crippen LogP contribution in [-0.2, 0) is 4.79 Å². The number of amides is 2. The molecule has 0 saturated heterocycles. The first kappa shape index (κ1) is 12.4. The van der Waals surface area contributed by atoms with E-state index in [9.17, 15) is 9.59 Å². The molecule has 88 valence electrons. The number of nitrogen functional groups attached to an aromatic ring is 1. The van der Waals surface area contributed by atoms with Crippen LogP contribution in [0.1, 0.15) is 24.3 Å². The van der Waals surface area contributed by atoms with Crippen molar-refractivity contribution in [2.75, 3.05) is 12.3 Å². The lowest BCUT2D eigenvalue weighted by atomic mass is 10.3. The SMILES string of the molecule is CCNC(=O)C(C)NC(=O)c1csc(N)n1. The van der Waals surface area contributed by atoms with Gasteiger partial charge in [0, 0.05) is 11.9 Å². The number of hydrogen-bond donors (Lipinski definition) is 3. The smallest absolute Gasteiger partial charge is 0.271 e. The third-order valence-corrected chi connectivity index (χ3v) is 2.52. The molecule has 1 aromatic rings. The highest BCUT2D eigenvalue weighted by Gasteiger charge is 2.17. The van der Waals surface area contributed by atoms with Gasteiger partial charge in [-0.05, 0) is 13.8 Å². The van der Waals surface area contributed by atoms with E-state index < -0.39 is 11.9 Å². The first-order valence-corrected chi connectivity index (χ1v) is 5.72. The molecule has 6 nitrogen and oxygen atoms in total. The van der Waals surface area contributed by atoms with E-state index in [0.717, 1.165) is 0 Å². The number of anilines is 1. The number of nitrogens with two attached hydrogens (primary N) is 1. The normalized spacial score (nSPS) is 11.9. The van der Waals surface area contributed by atoms with E-state index in [1.54, 1.807) is 12.3 Å². The highest BCUT2D eigenvalue weighted by Crippen LogP contribution is 2.10. The molecule has 7 heteroatoms. The average molecular weight is 242 g/mol. The van der Waals surface area contributed by atoms with Gasteiger partial charge < -0.3 is 16.4 Å². The van der Waals surface area contributed by atoms with Crippen molar-refractivity contribution >= 4 is 28.3 Å². The van der Waals surface area contributed by atoms with Crippen molar-refractivity contribution in [3.05, 3.63) is 11.1 Å². The minimum absolute atomic E-state index is 0.223. The second kappa shape index (κ2) is 5.45. The van der Waals surface area contributed by atoms with Crippen LogP contribution in [0.3, 0.4) is 0 Å². The van der Waals surface area contributed by atoms with Gasteiger partial charge in [-0.3, -0.25) is 9.59 Å². The number of hydrogen-bond acceptors (Lipinski definition) is 5. The Bertz CT molecular complexity index is 391. The van der Waals surface area contributed by atoms with Crippen molar-refractivity contribution in [1.82, 2.24) is 15.6 Å². The van der Waals surface area contributed by atoms with Crippen molar-refractivity contribution in [3.63, 3.8) is 0 Å². The fourth-order valence-electron chi connectivity index (χ4n) is 1.06. The zero-order chi connectivity index (χ0) is 12.1. The Morgan fingerprint density at radius 3 is 2.81 bits per heavy atom. The minimum atomic E-state index is -0.588. The van der Waals surface area contributed by atoms with E-state index in [2.05, 4.69) is 15.6 Å². The van der Waals surface area contributed by atoms with E-state index in [-0.39, 0.29) is 11.6 Å². The number of rotatable bonds is 4. The Labute approximate surface area is 97.2 Å². The molecule has 0 aromatic carbocycles. The molecule has 0 radical (unpaired) electrons. The molecule has 1 aromatic heterocycles. The van der Waals surface area contributed by atoms with Crippen LogP contribution >= 0.6 is 11.3 Å². The molecule has 1 heterocycles. The maximum absolute atomic E-state index is 11.6. The van der Waals surface area contributed by atoms with Crippen molar-refractivity contribution in [2.45, 2.75) is 19.9 Å². The summed E-state index contributed by atoms with van der Waals surface area (Å²) in [7, 11) is 0. The number of aromatic nitrogens is 1. The maximum atomic E-state index is 11.6. The lowest BCUT2D eigenvalue weighted by Gasteiger charge is -2.11. The summed E-state index contributed by atoms with van der Waals surface area (Å²) < 4.78 is 0. The Kier molecular flexibility index (Phi) is 4.24. The molecule has 1 unspecified atom stereocenters. The molecule has 0 aliphatic carbocycles. The Morgan fingerprint density at radius 1 is 1.62 bits per heavy atom. The lowest BCUT2D eigenvalue weighted by Crippen LogP contribution is -2.44. The summed E-state index contributed by atoms with van der Waals surface area (Å²) in [4.78, 5) is 26.7. The van der Waals surface area contributed by atoms with E-state index in [4.69, 9.17) is 5.73 Å². The number of carbonyl (C=O) groups excluding carboxylic acids is 2. The molecule has 0 fully saturated rings. The van der Waals surface area contributed by atoms with E-state index in [0.29, 0.717) is 11.7 Å². The van der Waals surface area contributed by atoms with Gasteiger partial charge in [-0.15, -0.1) is 11.3 Å². The number of nitrogens with one attached hydrogen (secondary N) is 2. The van der Waals surface area contributed by atoms with E-state index in [1.807, 2.05) is 6.92 Å². The lowest BCUT2D eigenvalue weighted by molar-refractivity contribution is -0.122. The van der Waals surface area contributed by atoms with Crippen molar-refractivity contribution in [2.24, 2.45) is 0 Å². The van der Waals surface area contributed by atoms with Gasteiger partial charge in [-0.1, -0.05) is 0 Å². The van der Waals surface area contributed by atoms with Gasteiger partial charge >= 0.3 is 0 Å². The van der Waals surface area contributed by atoms with E-state index in [1.165, 1.54) is 11.3 Å². The molecule has 0 saturated carbocycles. The number of thiazole rings is 1. The maximum Gasteiger partial charge on any atom is 0.271 e. The summed E-state index contributed by atoms with van der Waals surface area (Å²) >= 11 is 1.18. The monoisotopic (exact) mass is 242 g/mol. The summed E-state index contributed by atoms with van der Waals surface area (Å²) in [5, 5.41) is 7.02. The molecular weight excluding hydrogens is 228 g/mol. The molecule has 2 amide bonds. The second-order valence-electron chi connectivity index (χ2n) is 3.16. The highest BCUT2D eigenvalue weighted by atomic mass is 32.1. The largest absolute Gasteiger partial charge is 0.375 e. The average Bonchev–Trinajstić information content (AvgIpc) is 2.65. The second-order valence-corrected chi connectivity index (χ2v) is 4.05. The molecule has 1 atom stereocenters. The zero-order valence-electron chi connectivity index (χ0n) is 9.11. The van der Waals surface area contributed by atoms with Gasteiger partial charge in [0.05, 0.1) is 0 Å². The van der Waals surface area contributed by atoms with Gasteiger partial charge in [0.2, 0.25) is 5.91 Å². The van der Waals surface area contributed by atoms with Crippen LogP contribution in [-0.4, -0.2) is 29.4 Å². The Balaban J connectivity index is 2.54. The Hall–Kier alpha value is -1.63. The van der Waals surface area contributed by atoms with Gasteiger partial charge in [0.15, 0.2) is 5.13 Å². The third kappa shape index (κ3) is 3.20. The summed E-state index contributed by atoms with van der Waals surface area (Å²) in [6, 6.07) is -0.588. The number of nitrogens with zero attached hydrogens (tertiary/aromatic N) is 1. The van der Waals surface area contributed by atoms with Gasteiger partial charge in [-0.2, -0.15) is 0 Å². The molecular formula is C9H14N4O2S. The van der Waals surface area contributed by atoms with E-state index >= 15 is 0 Å². The van der Waals surface area contributed by atoms with Crippen LogP contribution in [0.25, 0.3) is 0 Å². The van der Waals surface area contributed by atoms with Crippen LogP contribution in [0.2, 0.25) is 0 Å². The summed E-state index contributed by atoms with van der Waals surface area (Å²) in [5.41, 5.74) is 5.64. The van der Waals surface area contributed by atoms with Crippen molar-refractivity contribution < 1.29 is 9.59 Å². The van der Waals surface area contributed by atoms with Crippen LogP contribution < -0.4 is 16.4 Å². The van der Waals surface area contributed by atoms with Gasteiger partial charge in [-0.25, -0.2) is 4.98 Å². The first-order chi connectivity index (χ1) is 7.54. The third-order valence-electron chi connectivity index (χ3n) is 1.85. The van der Waals surface area contributed by atoms with Gasteiger partial charge in [0.25, 0.3) is 5.91 Å². The minimum Gasteiger partial charge on any atom is -0.375 e. The standard InChI is InChI=1S/C9H14N4O2S/c1-3-11-7(14)5(2)12-8(15)6-4-16-9(10)13-6/h4-5H,3H2,1-2H3,(H2,10,13)(H,11,14)(H,12,15). The molecule has 0 aliphatic heterocycles. The highest BCUT2D eigenvalue weighted by molar-refractivity contribution is 7.13. The van der Waals surface area contributed by atoms with Crippen LogP contribution in [0, 0.1) is 0 Å². The quantitative estimate of drug-likeness (QED) is 0.691. The fourth-order valence-corrected chi connectivity index (χ4v) is 1.60. The molecule has 1 rings (SSSR count). The molecule has 4 N–H and O–H groups in total. The number of likely N-dealkylation sites (N-methyl/N-ethyl adjacent to an activating group) is 1. The van der Waals surface area contributed by atoms with Crippen molar-refractivity contribution in [3.8, 4) is 0 Å². The van der Waals surface area contributed by atoms with Crippen molar-refractivity contribution in [1.29, 1.82) is 0 Å². The Morgan fingerprint density at radius 2 is 2.31 bits per heavy atom. The first-order valence-electron chi connectivity index (χ1n) is 4.84. The number of carbonyl (C=O) groups is 2.